The predicted molar refractivity (Wildman–Crippen MR) is 61.4 cm³/mol. The maximum absolute atomic E-state index is 6.21. The molecule has 0 aromatic carbocycles. The third-order valence-corrected chi connectivity index (χ3v) is 4.12. The number of imidazole rings is 1. The zero-order valence-electron chi connectivity index (χ0n) is 9.01. The van der Waals surface area contributed by atoms with Crippen molar-refractivity contribution in [2.75, 3.05) is 0 Å². The molecule has 1 aromatic rings. The minimum absolute atomic E-state index is 0.689. The van der Waals surface area contributed by atoms with Gasteiger partial charge in [-0.3, -0.25) is 0 Å². The Kier molecular flexibility index (Phi) is 2.47. The number of rotatable bonds is 1. The average molecular weight is 225 g/mol. The highest BCUT2D eigenvalue weighted by atomic mass is 35.5. The number of halogens is 1. The first-order valence-electron chi connectivity index (χ1n) is 6.11. The quantitative estimate of drug-likeness (QED) is 0.714. The van der Waals surface area contributed by atoms with Crippen LogP contribution in [-0.2, 0) is 13.0 Å². The van der Waals surface area contributed by atoms with E-state index in [9.17, 15) is 0 Å². The standard InChI is InChI=1S/C12H17ClN2/c13-11-10-7-3-4-8-15(10)12(14-11)9-5-1-2-6-9/h9H,1-8H2. The molecule has 0 spiro atoms. The van der Waals surface area contributed by atoms with Gasteiger partial charge < -0.3 is 4.57 Å². The number of hydrogen-bond donors (Lipinski definition) is 0. The Balaban J connectivity index is 1.99. The minimum atomic E-state index is 0.689. The van der Waals surface area contributed by atoms with Crippen molar-refractivity contribution < 1.29 is 0 Å². The third kappa shape index (κ3) is 1.59. The van der Waals surface area contributed by atoms with Crippen LogP contribution in [-0.4, -0.2) is 9.55 Å². The summed E-state index contributed by atoms with van der Waals surface area (Å²) in [4.78, 5) is 4.60. The molecule has 0 unspecified atom stereocenters. The van der Waals surface area contributed by atoms with E-state index in [2.05, 4.69) is 9.55 Å². The summed E-state index contributed by atoms with van der Waals surface area (Å²) in [6.45, 7) is 1.14. The van der Waals surface area contributed by atoms with Gasteiger partial charge in [0.05, 0.1) is 5.69 Å². The molecule has 1 aliphatic heterocycles. The molecule has 1 aromatic heterocycles. The van der Waals surface area contributed by atoms with Crippen molar-refractivity contribution in [1.82, 2.24) is 9.55 Å². The molecule has 0 saturated heterocycles. The summed E-state index contributed by atoms with van der Waals surface area (Å²) < 4.78 is 2.40. The van der Waals surface area contributed by atoms with Crippen LogP contribution >= 0.6 is 11.6 Å². The Bertz CT molecular complexity index is 364. The van der Waals surface area contributed by atoms with Crippen LogP contribution in [0.25, 0.3) is 0 Å². The maximum Gasteiger partial charge on any atom is 0.150 e. The first-order valence-corrected chi connectivity index (χ1v) is 6.49. The highest BCUT2D eigenvalue weighted by Crippen LogP contribution is 2.36. The van der Waals surface area contributed by atoms with Crippen molar-refractivity contribution in [3.05, 3.63) is 16.7 Å². The minimum Gasteiger partial charge on any atom is -0.330 e. The van der Waals surface area contributed by atoms with Gasteiger partial charge in [-0.05, 0) is 32.1 Å². The highest BCUT2D eigenvalue weighted by Gasteiger charge is 2.26. The van der Waals surface area contributed by atoms with Gasteiger partial charge in [-0.25, -0.2) is 4.98 Å². The van der Waals surface area contributed by atoms with Gasteiger partial charge in [0.1, 0.15) is 5.82 Å². The Labute approximate surface area is 95.6 Å². The van der Waals surface area contributed by atoms with E-state index in [1.165, 1.54) is 50.0 Å². The summed E-state index contributed by atoms with van der Waals surface area (Å²) in [5.41, 5.74) is 1.30. The van der Waals surface area contributed by atoms with E-state index in [1.807, 2.05) is 0 Å². The molecule has 1 fully saturated rings. The summed E-state index contributed by atoms with van der Waals surface area (Å²) in [6.07, 6.45) is 9.04. The fourth-order valence-electron chi connectivity index (χ4n) is 3.02. The largest absolute Gasteiger partial charge is 0.330 e. The number of hydrogen-bond acceptors (Lipinski definition) is 1. The van der Waals surface area contributed by atoms with Crippen molar-refractivity contribution in [1.29, 1.82) is 0 Å². The lowest BCUT2D eigenvalue weighted by molar-refractivity contribution is 0.493. The molecule has 0 bridgehead atoms. The summed E-state index contributed by atoms with van der Waals surface area (Å²) in [7, 11) is 0. The van der Waals surface area contributed by atoms with E-state index >= 15 is 0 Å². The Morgan fingerprint density at radius 2 is 1.93 bits per heavy atom. The van der Waals surface area contributed by atoms with Gasteiger partial charge in [0.15, 0.2) is 5.15 Å². The van der Waals surface area contributed by atoms with E-state index in [1.54, 1.807) is 0 Å². The van der Waals surface area contributed by atoms with Gasteiger partial charge in [0.2, 0.25) is 0 Å². The molecule has 3 rings (SSSR count). The Morgan fingerprint density at radius 1 is 1.13 bits per heavy atom. The van der Waals surface area contributed by atoms with Gasteiger partial charge in [-0.1, -0.05) is 24.4 Å². The molecule has 1 saturated carbocycles. The van der Waals surface area contributed by atoms with Crippen LogP contribution in [0.4, 0.5) is 0 Å². The molecule has 0 radical (unpaired) electrons. The number of aromatic nitrogens is 2. The molecule has 2 heterocycles. The summed E-state index contributed by atoms with van der Waals surface area (Å²) in [6, 6.07) is 0. The molecule has 82 valence electrons. The zero-order valence-corrected chi connectivity index (χ0v) is 9.76. The number of nitrogens with zero attached hydrogens (tertiary/aromatic N) is 2. The lowest BCUT2D eigenvalue weighted by Crippen LogP contribution is -2.14. The van der Waals surface area contributed by atoms with Crippen LogP contribution in [0.1, 0.15) is 56.0 Å². The van der Waals surface area contributed by atoms with E-state index in [0.29, 0.717) is 5.92 Å². The van der Waals surface area contributed by atoms with Gasteiger partial charge in [0.25, 0.3) is 0 Å². The molecule has 0 atom stereocenters. The maximum atomic E-state index is 6.21. The second-order valence-electron chi connectivity index (χ2n) is 4.80. The van der Waals surface area contributed by atoms with Gasteiger partial charge in [-0.2, -0.15) is 0 Å². The van der Waals surface area contributed by atoms with Gasteiger partial charge in [0, 0.05) is 12.5 Å². The molecule has 0 N–H and O–H groups in total. The Morgan fingerprint density at radius 3 is 2.73 bits per heavy atom. The second kappa shape index (κ2) is 3.82. The van der Waals surface area contributed by atoms with Crippen molar-refractivity contribution in [3.8, 4) is 0 Å². The molecule has 0 amide bonds. The van der Waals surface area contributed by atoms with Crippen molar-refractivity contribution >= 4 is 11.6 Å². The summed E-state index contributed by atoms with van der Waals surface area (Å²) >= 11 is 6.21. The first kappa shape index (κ1) is 9.71. The van der Waals surface area contributed by atoms with Crippen LogP contribution in [0.15, 0.2) is 0 Å². The normalized spacial score (nSPS) is 21.9. The second-order valence-corrected chi connectivity index (χ2v) is 5.16. The van der Waals surface area contributed by atoms with E-state index in [4.69, 9.17) is 11.6 Å². The lowest BCUT2D eigenvalue weighted by Gasteiger charge is -2.19. The highest BCUT2D eigenvalue weighted by molar-refractivity contribution is 6.30. The summed E-state index contributed by atoms with van der Waals surface area (Å²) in [5.74, 6) is 1.97. The monoisotopic (exact) mass is 224 g/mol. The molecule has 15 heavy (non-hydrogen) atoms. The van der Waals surface area contributed by atoms with Gasteiger partial charge in [-0.15, -0.1) is 0 Å². The van der Waals surface area contributed by atoms with Crippen LogP contribution < -0.4 is 0 Å². The van der Waals surface area contributed by atoms with Crippen LogP contribution in [0, 0.1) is 0 Å². The van der Waals surface area contributed by atoms with Crippen molar-refractivity contribution in [3.63, 3.8) is 0 Å². The van der Waals surface area contributed by atoms with E-state index in [-0.39, 0.29) is 0 Å². The van der Waals surface area contributed by atoms with Crippen molar-refractivity contribution in [2.24, 2.45) is 0 Å². The van der Waals surface area contributed by atoms with Gasteiger partial charge >= 0.3 is 0 Å². The lowest BCUT2D eigenvalue weighted by atomic mass is 10.1. The molecule has 2 nitrogen and oxygen atoms in total. The molecule has 3 heteroatoms. The Hall–Kier alpha value is -0.500. The third-order valence-electron chi connectivity index (χ3n) is 3.82. The predicted octanol–water partition coefficient (Wildman–Crippen LogP) is 3.53. The van der Waals surface area contributed by atoms with E-state index < -0.39 is 0 Å². The van der Waals surface area contributed by atoms with Crippen LogP contribution in [0.2, 0.25) is 5.15 Å². The molecular formula is C12H17ClN2. The van der Waals surface area contributed by atoms with Crippen LogP contribution in [0.5, 0.6) is 0 Å². The topological polar surface area (TPSA) is 17.8 Å². The fraction of sp³-hybridized carbons (Fsp3) is 0.750. The molecule has 2 aliphatic rings. The first-order chi connectivity index (χ1) is 7.36. The van der Waals surface area contributed by atoms with Crippen LogP contribution in [0.3, 0.4) is 0 Å². The smallest absolute Gasteiger partial charge is 0.150 e. The van der Waals surface area contributed by atoms with Crippen molar-refractivity contribution in [2.45, 2.75) is 57.4 Å². The molecule has 1 aliphatic carbocycles. The zero-order chi connectivity index (χ0) is 10.3. The fourth-order valence-corrected chi connectivity index (χ4v) is 3.30. The number of fused-ring (bicyclic) bond motifs is 1. The average Bonchev–Trinajstić information content (AvgIpc) is 2.87. The SMILES string of the molecule is Clc1nc(C2CCCC2)n2c1CCCC2. The van der Waals surface area contributed by atoms with E-state index in [0.717, 1.165) is 18.1 Å². The summed E-state index contributed by atoms with van der Waals surface area (Å²) in [5, 5.41) is 0.775. The molecular weight excluding hydrogens is 208 g/mol.